The molecule has 1 amide bonds. The van der Waals surface area contributed by atoms with Crippen LogP contribution in [0.4, 0.5) is 5.69 Å². The van der Waals surface area contributed by atoms with E-state index in [-0.39, 0.29) is 18.0 Å². The number of nitrogen functional groups attached to an aromatic ring is 1. The molecule has 2 N–H and O–H groups in total. The lowest BCUT2D eigenvalue weighted by Crippen LogP contribution is -2.48. The van der Waals surface area contributed by atoms with Crippen LogP contribution in [0.5, 0.6) is 0 Å². The molecule has 0 unspecified atom stereocenters. The fourth-order valence-electron chi connectivity index (χ4n) is 2.97. The van der Waals surface area contributed by atoms with Gasteiger partial charge in [-0.15, -0.1) is 0 Å². The number of morpholine rings is 1. The lowest BCUT2D eigenvalue weighted by molar-refractivity contribution is -0.140. The molecule has 25 heavy (non-hydrogen) atoms. The number of amides is 1. The van der Waals surface area contributed by atoms with Gasteiger partial charge in [-0.3, -0.25) is 4.79 Å². The molecule has 2 atom stereocenters. The zero-order valence-electron chi connectivity index (χ0n) is 13.9. The molecule has 1 saturated heterocycles. The minimum absolute atomic E-state index is 0.0561. The Morgan fingerprint density at radius 3 is 2.76 bits per heavy atom. The van der Waals surface area contributed by atoms with Crippen LogP contribution >= 0.6 is 11.6 Å². The molecule has 2 aromatic rings. The van der Waals surface area contributed by atoms with E-state index >= 15 is 0 Å². The van der Waals surface area contributed by atoms with Gasteiger partial charge in [0.25, 0.3) is 0 Å². The highest BCUT2D eigenvalue weighted by Crippen LogP contribution is 2.32. The minimum atomic E-state index is -0.250. The smallest absolute Gasteiger partial charge is 0.246 e. The summed E-state index contributed by atoms with van der Waals surface area (Å²) in [5, 5.41) is 0.539. The summed E-state index contributed by atoms with van der Waals surface area (Å²) in [6.07, 6.45) is 4.41. The Morgan fingerprint density at radius 2 is 2.08 bits per heavy atom. The van der Waals surface area contributed by atoms with Crippen LogP contribution < -0.4 is 5.73 Å². The number of halogens is 1. The van der Waals surface area contributed by atoms with Crippen molar-refractivity contribution in [1.82, 2.24) is 14.9 Å². The summed E-state index contributed by atoms with van der Waals surface area (Å²) in [4.78, 5) is 22.6. The SMILES string of the molecule is C=CC(=O)N1[C@H](C)COC[C@H]1c1cc(Cl)cc(-c2ncc(N)cn2)c1. The summed E-state index contributed by atoms with van der Waals surface area (Å²) in [6, 6.07) is 5.23. The van der Waals surface area contributed by atoms with Crippen LogP contribution in [0.1, 0.15) is 18.5 Å². The second-order valence-corrected chi connectivity index (χ2v) is 6.40. The Hall–Kier alpha value is -2.44. The van der Waals surface area contributed by atoms with Gasteiger partial charge in [0.1, 0.15) is 0 Å². The van der Waals surface area contributed by atoms with E-state index in [4.69, 9.17) is 22.1 Å². The van der Waals surface area contributed by atoms with Gasteiger partial charge >= 0.3 is 0 Å². The third-order valence-corrected chi connectivity index (χ3v) is 4.33. The molecule has 130 valence electrons. The van der Waals surface area contributed by atoms with Gasteiger partial charge in [0, 0.05) is 10.6 Å². The van der Waals surface area contributed by atoms with Gasteiger partial charge < -0.3 is 15.4 Å². The highest BCUT2D eigenvalue weighted by molar-refractivity contribution is 6.31. The Kier molecular flexibility index (Phi) is 5.01. The number of hydrogen-bond acceptors (Lipinski definition) is 5. The molecule has 1 aromatic carbocycles. The summed E-state index contributed by atoms with van der Waals surface area (Å²) < 4.78 is 5.66. The Labute approximate surface area is 151 Å². The molecule has 6 nitrogen and oxygen atoms in total. The molecule has 7 heteroatoms. The molecule has 1 aliphatic heterocycles. The molecule has 0 spiro atoms. The van der Waals surface area contributed by atoms with Gasteiger partial charge in [-0.2, -0.15) is 0 Å². The Balaban J connectivity index is 2.02. The molecule has 1 fully saturated rings. The summed E-state index contributed by atoms with van der Waals surface area (Å²) in [5.41, 5.74) is 7.75. The van der Waals surface area contributed by atoms with Crippen molar-refractivity contribution in [1.29, 1.82) is 0 Å². The minimum Gasteiger partial charge on any atom is -0.396 e. The number of aromatic nitrogens is 2. The summed E-state index contributed by atoms with van der Waals surface area (Å²) >= 11 is 6.30. The fourth-order valence-corrected chi connectivity index (χ4v) is 3.22. The molecule has 0 radical (unpaired) electrons. The number of benzene rings is 1. The number of ether oxygens (including phenoxy) is 1. The first-order valence-electron chi connectivity index (χ1n) is 7.90. The highest BCUT2D eigenvalue weighted by Gasteiger charge is 2.32. The topological polar surface area (TPSA) is 81.3 Å². The van der Waals surface area contributed by atoms with Crippen molar-refractivity contribution in [2.45, 2.75) is 19.0 Å². The van der Waals surface area contributed by atoms with Gasteiger partial charge in [-0.25, -0.2) is 9.97 Å². The average molecular weight is 359 g/mol. The largest absolute Gasteiger partial charge is 0.396 e. The van der Waals surface area contributed by atoms with Crippen LogP contribution in [0, 0.1) is 0 Å². The number of rotatable bonds is 3. The van der Waals surface area contributed by atoms with Crippen LogP contribution in [-0.2, 0) is 9.53 Å². The van der Waals surface area contributed by atoms with Crippen LogP contribution in [0.2, 0.25) is 5.02 Å². The lowest BCUT2D eigenvalue weighted by atomic mass is 9.99. The van der Waals surface area contributed by atoms with Crippen molar-refractivity contribution in [3.63, 3.8) is 0 Å². The van der Waals surface area contributed by atoms with Gasteiger partial charge in [0.15, 0.2) is 5.82 Å². The Morgan fingerprint density at radius 1 is 1.36 bits per heavy atom. The second kappa shape index (κ2) is 7.21. The second-order valence-electron chi connectivity index (χ2n) is 5.97. The number of nitrogens with two attached hydrogens (primary N) is 1. The third kappa shape index (κ3) is 3.65. The van der Waals surface area contributed by atoms with Crippen LogP contribution in [0.3, 0.4) is 0 Å². The monoisotopic (exact) mass is 358 g/mol. The van der Waals surface area contributed by atoms with Gasteiger partial charge in [-0.1, -0.05) is 18.2 Å². The molecule has 2 heterocycles. The predicted molar refractivity (Wildman–Crippen MR) is 97.0 cm³/mol. The van der Waals surface area contributed by atoms with Crippen molar-refractivity contribution < 1.29 is 9.53 Å². The maximum Gasteiger partial charge on any atom is 0.246 e. The summed E-state index contributed by atoms with van der Waals surface area (Å²) in [6.45, 7) is 6.43. The molecular weight excluding hydrogens is 340 g/mol. The van der Waals surface area contributed by atoms with Gasteiger partial charge in [0.2, 0.25) is 5.91 Å². The van der Waals surface area contributed by atoms with Crippen LogP contribution in [0.25, 0.3) is 11.4 Å². The normalized spacial score (nSPS) is 20.3. The van der Waals surface area contributed by atoms with Crippen molar-refractivity contribution in [2.24, 2.45) is 0 Å². The first-order chi connectivity index (χ1) is 12.0. The summed E-state index contributed by atoms with van der Waals surface area (Å²) in [7, 11) is 0. The van der Waals surface area contributed by atoms with E-state index in [1.165, 1.54) is 6.08 Å². The standard InChI is InChI=1S/C18H19ClN4O2/c1-3-17(24)23-11(2)9-25-10-16(23)12-4-13(6-14(19)5-12)18-21-7-15(20)8-22-18/h3-8,11,16H,1,9-10,20H2,2H3/t11-,16+/m1/s1. The molecule has 0 bridgehead atoms. The number of carbonyl (C=O) groups is 1. The van der Waals surface area contributed by atoms with Gasteiger partial charge in [0.05, 0.1) is 43.4 Å². The van der Waals surface area contributed by atoms with Crippen molar-refractivity contribution in [2.75, 3.05) is 18.9 Å². The molecule has 3 rings (SSSR count). The summed E-state index contributed by atoms with van der Waals surface area (Å²) in [5.74, 6) is 0.385. The van der Waals surface area contributed by atoms with E-state index in [1.807, 2.05) is 19.1 Å². The van der Waals surface area contributed by atoms with Crippen LogP contribution in [-0.4, -0.2) is 40.0 Å². The van der Waals surface area contributed by atoms with E-state index in [0.717, 1.165) is 11.1 Å². The molecule has 1 aromatic heterocycles. The predicted octanol–water partition coefficient (Wildman–Crippen LogP) is 2.85. The van der Waals surface area contributed by atoms with E-state index in [0.29, 0.717) is 29.7 Å². The number of anilines is 1. The van der Waals surface area contributed by atoms with E-state index < -0.39 is 0 Å². The third-order valence-electron chi connectivity index (χ3n) is 4.11. The van der Waals surface area contributed by atoms with Crippen LogP contribution in [0.15, 0.2) is 43.2 Å². The van der Waals surface area contributed by atoms with Crippen molar-refractivity contribution in [3.05, 3.63) is 53.8 Å². The Bertz CT molecular complexity index is 794. The molecule has 0 saturated carbocycles. The number of nitrogens with zero attached hydrogens (tertiary/aromatic N) is 3. The first kappa shape index (κ1) is 17.4. The molecular formula is C18H19ClN4O2. The highest BCUT2D eigenvalue weighted by atomic mass is 35.5. The van der Waals surface area contributed by atoms with Gasteiger partial charge in [-0.05, 0) is 36.8 Å². The molecule has 0 aliphatic carbocycles. The van der Waals surface area contributed by atoms with Crippen molar-refractivity contribution in [3.8, 4) is 11.4 Å². The number of carbonyl (C=O) groups excluding carboxylic acids is 1. The van der Waals surface area contributed by atoms with E-state index in [1.54, 1.807) is 23.4 Å². The quantitative estimate of drug-likeness (QED) is 0.853. The lowest BCUT2D eigenvalue weighted by Gasteiger charge is -2.40. The zero-order chi connectivity index (χ0) is 18.0. The maximum absolute atomic E-state index is 12.3. The zero-order valence-corrected chi connectivity index (χ0v) is 14.6. The van der Waals surface area contributed by atoms with Crippen molar-refractivity contribution >= 4 is 23.2 Å². The first-order valence-corrected chi connectivity index (χ1v) is 8.28. The van der Waals surface area contributed by atoms with E-state index in [9.17, 15) is 4.79 Å². The van der Waals surface area contributed by atoms with E-state index in [2.05, 4.69) is 16.5 Å². The average Bonchev–Trinajstić information content (AvgIpc) is 2.61. The number of hydrogen-bond donors (Lipinski definition) is 1. The maximum atomic E-state index is 12.3. The molecule has 1 aliphatic rings. The fraction of sp³-hybridized carbons (Fsp3) is 0.278.